The zero-order valence-electron chi connectivity index (χ0n) is 24.8. The molecular weight excluding hydrogens is 512 g/mol. The molecule has 3 rings (SSSR count). The van der Waals surface area contributed by atoms with Crippen LogP contribution in [0.1, 0.15) is 71.3 Å². The molecule has 3 N–H and O–H groups in total. The van der Waals surface area contributed by atoms with Gasteiger partial charge in [-0.05, 0) is 36.7 Å². The maximum Gasteiger partial charge on any atom is 0.245 e. The second-order valence-corrected chi connectivity index (χ2v) is 12.3. The number of rotatable bonds is 13. The van der Waals surface area contributed by atoms with Crippen LogP contribution in [0, 0.1) is 17.3 Å². The maximum atomic E-state index is 13.7. The summed E-state index contributed by atoms with van der Waals surface area (Å²) in [6.07, 6.45) is 6.89. The number of hydrogen-bond acceptors (Lipinski definition) is 7. The van der Waals surface area contributed by atoms with Crippen molar-refractivity contribution in [2.45, 2.75) is 84.3 Å². The lowest BCUT2D eigenvalue weighted by Gasteiger charge is -2.39. The van der Waals surface area contributed by atoms with Gasteiger partial charge < -0.3 is 25.0 Å². The van der Waals surface area contributed by atoms with E-state index in [-0.39, 0.29) is 24.4 Å². The van der Waals surface area contributed by atoms with Crippen molar-refractivity contribution < 1.29 is 29.1 Å². The van der Waals surface area contributed by atoms with E-state index < -0.39 is 17.4 Å². The van der Waals surface area contributed by atoms with E-state index in [2.05, 4.69) is 10.6 Å². The van der Waals surface area contributed by atoms with Crippen LogP contribution in [0.4, 0.5) is 0 Å². The number of hydrogen-bond donors (Lipinski definition) is 3. The van der Waals surface area contributed by atoms with Gasteiger partial charge in [-0.2, -0.15) is 0 Å². The van der Waals surface area contributed by atoms with Crippen molar-refractivity contribution in [3.05, 3.63) is 23.8 Å². The summed E-state index contributed by atoms with van der Waals surface area (Å²) in [5.41, 5.74) is 0.536. The highest BCUT2D eigenvalue weighted by atomic mass is 16.5. The Hall–Kier alpha value is -2.85. The number of amides is 3. The molecule has 1 aromatic carbocycles. The fourth-order valence-electron chi connectivity index (χ4n) is 5.83. The number of nitrogens with zero attached hydrogens (tertiary/aromatic N) is 2. The van der Waals surface area contributed by atoms with Gasteiger partial charge in [-0.3, -0.25) is 19.6 Å². The van der Waals surface area contributed by atoms with Crippen molar-refractivity contribution in [2.75, 3.05) is 33.9 Å². The predicted molar refractivity (Wildman–Crippen MR) is 152 cm³/mol. The summed E-state index contributed by atoms with van der Waals surface area (Å²) < 4.78 is 10.8. The second kappa shape index (κ2) is 14.7. The van der Waals surface area contributed by atoms with Crippen LogP contribution in [-0.2, 0) is 20.9 Å². The molecule has 2 aliphatic rings. The molecule has 0 bridgehead atoms. The normalized spacial score (nSPS) is 18.2. The van der Waals surface area contributed by atoms with E-state index in [1.807, 2.05) is 43.9 Å². The van der Waals surface area contributed by atoms with Crippen molar-refractivity contribution in [1.29, 1.82) is 0 Å². The Morgan fingerprint density at radius 2 is 1.80 bits per heavy atom. The third kappa shape index (κ3) is 8.83. The first-order valence-electron chi connectivity index (χ1n) is 14.5. The first-order valence-corrected chi connectivity index (χ1v) is 14.5. The topological polar surface area (TPSA) is 120 Å². The first kappa shape index (κ1) is 31.7. The summed E-state index contributed by atoms with van der Waals surface area (Å²) in [6.45, 7) is 7.61. The standard InChI is InChI=1S/C30H48N4O6/c1-30(2,3)27(32-28(36)23(19-34(38)20-35)16-21-8-6-7-9-21)29(37)33-14-12-24(13-15-33)31-18-22-10-11-25(39-4)17-26(22)40-5/h10-11,17,20-21,23-24,27,31,38H,6-9,12-16,18-19H2,1-5H3,(H,32,36)/t23-,27-/m1/s1. The Bertz CT molecular complexity index is 983. The molecule has 224 valence electrons. The van der Waals surface area contributed by atoms with Gasteiger partial charge in [0.1, 0.15) is 17.5 Å². The number of hydroxylamine groups is 2. The highest BCUT2D eigenvalue weighted by Gasteiger charge is 2.38. The number of ether oxygens (including phenoxy) is 2. The van der Waals surface area contributed by atoms with Crippen LogP contribution in [0.5, 0.6) is 11.5 Å². The van der Waals surface area contributed by atoms with E-state index in [1.54, 1.807) is 14.2 Å². The fourth-order valence-corrected chi connectivity index (χ4v) is 5.83. The van der Waals surface area contributed by atoms with E-state index in [0.717, 1.165) is 55.6 Å². The molecule has 1 saturated carbocycles. The monoisotopic (exact) mass is 560 g/mol. The Kier molecular flexibility index (Phi) is 11.6. The maximum absolute atomic E-state index is 13.7. The Balaban J connectivity index is 1.58. The lowest BCUT2D eigenvalue weighted by molar-refractivity contribution is -0.156. The zero-order valence-corrected chi connectivity index (χ0v) is 24.8. The Morgan fingerprint density at radius 3 is 2.38 bits per heavy atom. The number of carbonyl (C=O) groups is 3. The summed E-state index contributed by atoms with van der Waals surface area (Å²) in [5, 5.41) is 17.0. The van der Waals surface area contributed by atoms with Gasteiger partial charge in [0.25, 0.3) is 0 Å². The predicted octanol–water partition coefficient (Wildman–Crippen LogP) is 3.36. The molecule has 1 aliphatic carbocycles. The molecule has 1 saturated heterocycles. The fraction of sp³-hybridized carbons (Fsp3) is 0.700. The summed E-state index contributed by atoms with van der Waals surface area (Å²) in [4.78, 5) is 40.1. The smallest absolute Gasteiger partial charge is 0.245 e. The zero-order chi connectivity index (χ0) is 29.3. The molecule has 0 radical (unpaired) electrons. The van der Waals surface area contributed by atoms with Crippen LogP contribution < -0.4 is 20.1 Å². The van der Waals surface area contributed by atoms with Crippen LogP contribution in [0.15, 0.2) is 18.2 Å². The molecule has 0 unspecified atom stereocenters. The second-order valence-electron chi connectivity index (χ2n) is 12.3. The Morgan fingerprint density at radius 1 is 1.12 bits per heavy atom. The molecule has 40 heavy (non-hydrogen) atoms. The van der Waals surface area contributed by atoms with E-state index in [1.165, 1.54) is 0 Å². The number of likely N-dealkylation sites (tertiary alicyclic amines) is 1. The highest BCUT2D eigenvalue weighted by Crippen LogP contribution is 2.31. The van der Waals surface area contributed by atoms with Gasteiger partial charge in [0, 0.05) is 37.3 Å². The number of methoxy groups -OCH3 is 2. The van der Waals surface area contributed by atoms with Crippen molar-refractivity contribution in [2.24, 2.45) is 17.3 Å². The molecule has 3 amide bonds. The van der Waals surface area contributed by atoms with Gasteiger partial charge >= 0.3 is 0 Å². The minimum absolute atomic E-state index is 0.0765. The van der Waals surface area contributed by atoms with Gasteiger partial charge in [-0.15, -0.1) is 0 Å². The lowest BCUT2D eigenvalue weighted by Crippen LogP contribution is -2.58. The van der Waals surface area contributed by atoms with E-state index in [0.29, 0.717) is 43.4 Å². The van der Waals surface area contributed by atoms with E-state index in [4.69, 9.17) is 9.47 Å². The number of carbonyl (C=O) groups excluding carboxylic acids is 3. The third-order valence-corrected chi connectivity index (χ3v) is 8.27. The average Bonchev–Trinajstić information content (AvgIpc) is 3.46. The number of nitrogens with one attached hydrogen (secondary N) is 2. The number of benzene rings is 1. The SMILES string of the molecule is COc1ccc(CNC2CCN(C(=O)[C@@H](NC(=O)[C@H](CC3CCCC3)CN(O)C=O)C(C)(C)C)CC2)c(OC)c1. The third-order valence-electron chi connectivity index (χ3n) is 8.27. The van der Waals surface area contributed by atoms with E-state index >= 15 is 0 Å². The van der Waals surface area contributed by atoms with Crippen LogP contribution in [0.3, 0.4) is 0 Å². The minimum Gasteiger partial charge on any atom is -0.497 e. The van der Waals surface area contributed by atoms with Crippen molar-refractivity contribution in [3.63, 3.8) is 0 Å². The molecule has 1 aliphatic heterocycles. The largest absolute Gasteiger partial charge is 0.497 e. The molecule has 10 nitrogen and oxygen atoms in total. The quantitative estimate of drug-likeness (QED) is 0.192. The molecule has 1 heterocycles. The van der Waals surface area contributed by atoms with Crippen LogP contribution >= 0.6 is 0 Å². The van der Waals surface area contributed by atoms with Crippen molar-refractivity contribution >= 4 is 18.2 Å². The van der Waals surface area contributed by atoms with Crippen LogP contribution in [0.25, 0.3) is 0 Å². The molecule has 2 fully saturated rings. The van der Waals surface area contributed by atoms with Gasteiger partial charge in [0.05, 0.1) is 26.7 Å². The molecule has 1 aromatic rings. The van der Waals surface area contributed by atoms with E-state index in [9.17, 15) is 19.6 Å². The summed E-state index contributed by atoms with van der Waals surface area (Å²) in [5.74, 6) is 0.963. The molecule has 0 spiro atoms. The number of piperidine rings is 1. The minimum atomic E-state index is -0.706. The van der Waals surface area contributed by atoms with Crippen molar-refractivity contribution in [3.8, 4) is 11.5 Å². The van der Waals surface area contributed by atoms with Gasteiger partial charge in [-0.1, -0.05) is 52.5 Å². The first-order chi connectivity index (χ1) is 19.0. The van der Waals surface area contributed by atoms with Crippen molar-refractivity contribution in [1.82, 2.24) is 20.6 Å². The molecular formula is C30H48N4O6. The highest BCUT2D eigenvalue weighted by molar-refractivity contribution is 5.89. The van der Waals surface area contributed by atoms with Crippen LogP contribution in [0.2, 0.25) is 0 Å². The summed E-state index contributed by atoms with van der Waals surface area (Å²) >= 11 is 0. The summed E-state index contributed by atoms with van der Waals surface area (Å²) in [7, 11) is 3.27. The lowest BCUT2D eigenvalue weighted by atomic mass is 9.84. The van der Waals surface area contributed by atoms with Gasteiger partial charge in [0.2, 0.25) is 18.2 Å². The molecule has 10 heteroatoms. The molecule has 2 atom stereocenters. The Labute approximate surface area is 238 Å². The summed E-state index contributed by atoms with van der Waals surface area (Å²) in [6, 6.07) is 5.33. The van der Waals surface area contributed by atoms with Gasteiger partial charge in [0.15, 0.2) is 0 Å². The van der Waals surface area contributed by atoms with Gasteiger partial charge in [-0.25, -0.2) is 5.06 Å². The average molecular weight is 561 g/mol. The molecule has 0 aromatic heterocycles. The van der Waals surface area contributed by atoms with Crippen LogP contribution in [-0.4, -0.2) is 79.3 Å².